The molecule has 1 heterocycles. The molecule has 0 saturated carbocycles. The molecule has 0 spiro atoms. The van der Waals surface area contributed by atoms with Gasteiger partial charge in [0.25, 0.3) is 5.91 Å². The van der Waals surface area contributed by atoms with Gasteiger partial charge < -0.3 is 10.5 Å². The zero-order valence-electron chi connectivity index (χ0n) is 7.97. The highest BCUT2D eigenvalue weighted by molar-refractivity contribution is 5.97. The number of hydrogen-bond donors (Lipinski definition) is 1. The summed E-state index contributed by atoms with van der Waals surface area (Å²) in [7, 11) is 0. The van der Waals surface area contributed by atoms with Crippen molar-refractivity contribution in [1.82, 2.24) is 4.90 Å². The minimum atomic E-state index is -0.595. The van der Waals surface area contributed by atoms with Crippen LogP contribution in [0.4, 0.5) is 10.5 Å². The van der Waals surface area contributed by atoms with Gasteiger partial charge in [-0.15, -0.1) is 0 Å². The Hall–Kier alpha value is -2.04. The number of imide groups is 1. The van der Waals surface area contributed by atoms with Crippen molar-refractivity contribution in [2.75, 3.05) is 12.3 Å². The van der Waals surface area contributed by atoms with Crippen LogP contribution in [0.5, 0.6) is 0 Å². The third-order valence-corrected chi connectivity index (χ3v) is 2.13. The van der Waals surface area contributed by atoms with E-state index in [2.05, 4.69) is 4.74 Å². The molecule has 0 aliphatic carbocycles. The van der Waals surface area contributed by atoms with Gasteiger partial charge in [-0.05, 0) is 17.7 Å². The second-order valence-corrected chi connectivity index (χ2v) is 3.28. The van der Waals surface area contributed by atoms with Crippen molar-refractivity contribution in [3.8, 4) is 0 Å². The zero-order valence-corrected chi connectivity index (χ0v) is 7.97. The van der Waals surface area contributed by atoms with E-state index in [9.17, 15) is 9.59 Å². The molecule has 0 unspecified atom stereocenters. The van der Waals surface area contributed by atoms with Gasteiger partial charge >= 0.3 is 6.09 Å². The van der Waals surface area contributed by atoms with Crippen molar-refractivity contribution in [3.63, 3.8) is 0 Å². The Balaban J connectivity index is 2.15. The molecule has 2 N–H and O–H groups in total. The van der Waals surface area contributed by atoms with Gasteiger partial charge in [-0.2, -0.15) is 0 Å². The summed E-state index contributed by atoms with van der Waals surface area (Å²) in [5, 5.41) is 0. The first-order valence-corrected chi connectivity index (χ1v) is 4.48. The van der Waals surface area contributed by atoms with E-state index in [1.165, 1.54) is 0 Å². The van der Waals surface area contributed by atoms with Crippen molar-refractivity contribution in [2.24, 2.45) is 0 Å². The molecule has 2 rings (SSSR count). The summed E-state index contributed by atoms with van der Waals surface area (Å²) in [5.74, 6) is -0.317. The van der Waals surface area contributed by atoms with Gasteiger partial charge in [-0.25, -0.2) is 9.69 Å². The van der Waals surface area contributed by atoms with Crippen LogP contribution in [0.3, 0.4) is 0 Å². The maximum atomic E-state index is 11.2. The zero-order chi connectivity index (χ0) is 10.8. The summed E-state index contributed by atoms with van der Waals surface area (Å²) >= 11 is 0. The fourth-order valence-electron chi connectivity index (χ4n) is 1.41. The van der Waals surface area contributed by atoms with Gasteiger partial charge in [0.15, 0.2) is 6.61 Å². The number of hydrogen-bond acceptors (Lipinski definition) is 4. The van der Waals surface area contributed by atoms with E-state index < -0.39 is 6.09 Å². The van der Waals surface area contributed by atoms with Crippen LogP contribution in [0, 0.1) is 0 Å². The molecule has 1 aliphatic heterocycles. The number of carbonyl (C=O) groups is 2. The van der Waals surface area contributed by atoms with E-state index >= 15 is 0 Å². The monoisotopic (exact) mass is 206 g/mol. The Morgan fingerprint density at radius 3 is 2.80 bits per heavy atom. The number of benzene rings is 1. The summed E-state index contributed by atoms with van der Waals surface area (Å²) in [6, 6.07) is 7.04. The second kappa shape index (κ2) is 3.61. The molecule has 2 amide bonds. The van der Waals surface area contributed by atoms with E-state index in [4.69, 9.17) is 5.73 Å². The molecule has 1 aromatic carbocycles. The molecule has 1 aliphatic rings. The maximum absolute atomic E-state index is 11.2. The molecule has 0 aromatic heterocycles. The molecule has 5 nitrogen and oxygen atoms in total. The number of nitrogens with two attached hydrogens (primary N) is 1. The minimum absolute atomic E-state index is 0.166. The highest BCUT2D eigenvalue weighted by Gasteiger charge is 2.30. The third kappa shape index (κ3) is 1.90. The Kier molecular flexibility index (Phi) is 2.29. The lowest BCUT2D eigenvalue weighted by Crippen LogP contribution is -2.28. The molecular formula is C10H10N2O3. The summed E-state index contributed by atoms with van der Waals surface area (Å²) in [4.78, 5) is 23.4. The number of anilines is 1. The first-order chi connectivity index (χ1) is 7.16. The van der Waals surface area contributed by atoms with Crippen molar-refractivity contribution in [2.45, 2.75) is 6.54 Å². The maximum Gasteiger partial charge on any atom is 0.417 e. The fourth-order valence-corrected chi connectivity index (χ4v) is 1.41. The van der Waals surface area contributed by atoms with E-state index in [1.807, 2.05) is 0 Å². The average molecular weight is 206 g/mol. The number of cyclic esters (lactones) is 1. The lowest BCUT2D eigenvalue weighted by atomic mass is 10.2. The predicted molar refractivity (Wildman–Crippen MR) is 52.8 cm³/mol. The van der Waals surface area contributed by atoms with Crippen LogP contribution in [-0.4, -0.2) is 23.5 Å². The van der Waals surface area contributed by atoms with Crippen LogP contribution in [0.2, 0.25) is 0 Å². The molecule has 1 aromatic rings. The molecule has 15 heavy (non-hydrogen) atoms. The SMILES string of the molecule is Nc1cccc(CN2C(=O)COC2=O)c1. The Bertz CT molecular complexity index is 401. The van der Waals surface area contributed by atoms with Gasteiger partial charge in [-0.1, -0.05) is 12.1 Å². The van der Waals surface area contributed by atoms with E-state index in [0.29, 0.717) is 5.69 Å². The summed E-state index contributed by atoms with van der Waals surface area (Å²) < 4.78 is 4.59. The lowest BCUT2D eigenvalue weighted by Gasteiger charge is -2.10. The van der Waals surface area contributed by atoms with Crippen LogP contribution in [-0.2, 0) is 16.1 Å². The summed E-state index contributed by atoms with van der Waals surface area (Å²) in [6.45, 7) is 0.0455. The fraction of sp³-hybridized carbons (Fsp3) is 0.200. The summed E-state index contributed by atoms with van der Waals surface area (Å²) in [6.07, 6.45) is -0.595. The molecule has 0 atom stereocenters. The molecule has 5 heteroatoms. The van der Waals surface area contributed by atoms with Crippen molar-refractivity contribution in [3.05, 3.63) is 29.8 Å². The van der Waals surface area contributed by atoms with Gasteiger partial charge in [0, 0.05) is 5.69 Å². The number of rotatable bonds is 2. The number of carbonyl (C=O) groups excluding carboxylic acids is 2. The molecular weight excluding hydrogens is 196 g/mol. The molecule has 0 bridgehead atoms. The van der Waals surface area contributed by atoms with E-state index in [-0.39, 0.29) is 19.1 Å². The quantitative estimate of drug-likeness (QED) is 0.724. The van der Waals surface area contributed by atoms with Gasteiger partial charge in [-0.3, -0.25) is 4.79 Å². The normalized spacial score (nSPS) is 15.6. The van der Waals surface area contributed by atoms with E-state index in [1.54, 1.807) is 24.3 Å². The first kappa shape index (κ1) is 9.51. The molecule has 0 radical (unpaired) electrons. The predicted octanol–water partition coefficient (Wildman–Crippen LogP) is 0.748. The minimum Gasteiger partial charge on any atom is -0.439 e. The Labute approximate surface area is 86.4 Å². The van der Waals surface area contributed by atoms with Gasteiger partial charge in [0.05, 0.1) is 6.54 Å². The van der Waals surface area contributed by atoms with Crippen molar-refractivity contribution >= 4 is 17.7 Å². The van der Waals surface area contributed by atoms with Gasteiger partial charge in [0.1, 0.15) is 0 Å². The van der Waals surface area contributed by atoms with Crippen LogP contribution in [0.25, 0.3) is 0 Å². The highest BCUT2D eigenvalue weighted by Crippen LogP contribution is 2.13. The van der Waals surface area contributed by atoms with Crippen LogP contribution in [0.1, 0.15) is 5.56 Å². The van der Waals surface area contributed by atoms with Crippen LogP contribution < -0.4 is 5.73 Å². The molecule has 78 valence electrons. The second-order valence-electron chi connectivity index (χ2n) is 3.28. The topological polar surface area (TPSA) is 72.6 Å². The number of nitrogen functional groups attached to an aromatic ring is 1. The van der Waals surface area contributed by atoms with Crippen molar-refractivity contribution < 1.29 is 14.3 Å². The third-order valence-electron chi connectivity index (χ3n) is 2.13. The van der Waals surface area contributed by atoms with Crippen molar-refractivity contribution in [1.29, 1.82) is 0 Å². The van der Waals surface area contributed by atoms with E-state index in [0.717, 1.165) is 10.5 Å². The smallest absolute Gasteiger partial charge is 0.417 e. The van der Waals surface area contributed by atoms with Crippen LogP contribution in [0.15, 0.2) is 24.3 Å². The standard InChI is InChI=1S/C10H10N2O3/c11-8-3-1-2-7(4-8)5-12-9(13)6-15-10(12)14/h1-4H,5-6,11H2. The average Bonchev–Trinajstić information content (AvgIpc) is 2.50. The highest BCUT2D eigenvalue weighted by atomic mass is 16.6. The Morgan fingerprint density at radius 1 is 1.40 bits per heavy atom. The Morgan fingerprint density at radius 2 is 2.20 bits per heavy atom. The largest absolute Gasteiger partial charge is 0.439 e. The van der Waals surface area contributed by atoms with Crippen LogP contribution >= 0.6 is 0 Å². The van der Waals surface area contributed by atoms with Gasteiger partial charge in [0.2, 0.25) is 0 Å². The number of ether oxygens (including phenoxy) is 1. The molecule has 1 saturated heterocycles. The first-order valence-electron chi connectivity index (χ1n) is 4.48. The number of nitrogens with zero attached hydrogens (tertiary/aromatic N) is 1. The molecule has 1 fully saturated rings. The number of amides is 2. The lowest BCUT2D eigenvalue weighted by molar-refractivity contribution is -0.126. The summed E-state index contributed by atoms with van der Waals surface area (Å²) in [5.41, 5.74) is 6.99.